The summed E-state index contributed by atoms with van der Waals surface area (Å²) in [7, 11) is -0.864. The van der Waals surface area contributed by atoms with Crippen molar-refractivity contribution in [3.05, 3.63) is 9.93 Å². The lowest BCUT2D eigenvalue weighted by molar-refractivity contribution is -0.174. The molecule has 5 atom stereocenters. The van der Waals surface area contributed by atoms with Crippen molar-refractivity contribution in [1.82, 2.24) is 4.90 Å². The van der Waals surface area contributed by atoms with Gasteiger partial charge in [0.15, 0.2) is 5.70 Å². The predicted octanol–water partition coefficient (Wildman–Crippen LogP) is 1.41. The van der Waals surface area contributed by atoms with Gasteiger partial charge in [-0.05, 0) is 34.1 Å². The Labute approximate surface area is 180 Å². The van der Waals surface area contributed by atoms with Gasteiger partial charge in [-0.15, -0.1) is 11.8 Å². The van der Waals surface area contributed by atoms with Crippen LogP contribution in [-0.2, 0) is 34.7 Å². The summed E-state index contributed by atoms with van der Waals surface area (Å²) in [5.74, 6) is -1.01. The van der Waals surface area contributed by atoms with E-state index in [2.05, 4.69) is 0 Å². The lowest BCUT2D eigenvalue weighted by Crippen LogP contribution is -2.60. The number of thioether (sulfide) groups is 2. The number of β-lactam (4-membered cyclic amide) rings is 1. The second-order valence-corrected chi connectivity index (χ2v) is 12.5. The maximum Gasteiger partial charge on any atom is 0.359 e. The van der Waals surface area contributed by atoms with Gasteiger partial charge in [-0.25, -0.2) is 4.79 Å². The monoisotopic (exact) mass is 463 g/mol. The van der Waals surface area contributed by atoms with Crippen molar-refractivity contribution in [2.75, 3.05) is 18.3 Å². The first-order chi connectivity index (χ1) is 13.5. The van der Waals surface area contributed by atoms with E-state index in [9.17, 15) is 23.7 Å². The van der Waals surface area contributed by atoms with Gasteiger partial charge in [0.05, 0.1) is 21.7 Å². The molecule has 0 aromatic carbocycles. The van der Waals surface area contributed by atoms with E-state index in [-0.39, 0.29) is 22.2 Å². The van der Waals surface area contributed by atoms with Crippen LogP contribution in [0.2, 0.25) is 0 Å². The number of hydrogen-bond donors (Lipinski definition) is 1. The highest BCUT2D eigenvalue weighted by Gasteiger charge is 2.58. The molecule has 3 heterocycles. The van der Waals surface area contributed by atoms with Crippen molar-refractivity contribution in [2.45, 2.75) is 50.8 Å². The van der Waals surface area contributed by atoms with Crippen LogP contribution in [0.4, 0.5) is 0 Å². The van der Waals surface area contributed by atoms with Crippen LogP contribution >= 0.6 is 23.5 Å². The summed E-state index contributed by atoms with van der Waals surface area (Å²) in [5.41, 5.74) is -0.604. The molecule has 8 nitrogen and oxygen atoms in total. The molecule has 2 saturated heterocycles. The van der Waals surface area contributed by atoms with Crippen LogP contribution in [0.1, 0.15) is 34.1 Å². The molecular formula is C18H25NO7S3. The summed E-state index contributed by atoms with van der Waals surface area (Å²) in [5, 5.41) is 9.63. The molecular weight excluding hydrogens is 438 g/mol. The van der Waals surface area contributed by atoms with Crippen LogP contribution in [0.15, 0.2) is 9.93 Å². The lowest BCUT2D eigenvalue weighted by Gasteiger charge is -2.43. The fourth-order valence-electron chi connectivity index (χ4n) is 3.13. The van der Waals surface area contributed by atoms with E-state index >= 15 is 0 Å². The van der Waals surface area contributed by atoms with Gasteiger partial charge in [0.2, 0.25) is 12.7 Å². The van der Waals surface area contributed by atoms with Crippen LogP contribution in [-0.4, -0.2) is 67.1 Å². The number of fused-ring (bicyclic) bond motifs is 1. The summed E-state index contributed by atoms with van der Waals surface area (Å²) in [4.78, 5) is 38.4. The number of carbonyl (C=O) groups is 3. The molecule has 11 heteroatoms. The Balaban J connectivity index is 1.72. The summed E-state index contributed by atoms with van der Waals surface area (Å²) in [6, 6.07) is 0. The quantitative estimate of drug-likeness (QED) is 0.355. The van der Waals surface area contributed by atoms with Crippen LogP contribution in [0.3, 0.4) is 0 Å². The Morgan fingerprint density at radius 3 is 2.62 bits per heavy atom. The van der Waals surface area contributed by atoms with Crippen LogP contribution < -0.4 is 0 Å². The molecule has 0 bridgehead atoms. The fraction of sp³-hybridized carbons (Fsp3) is 0.722. The topological polar surface area (TPSA) is 110 Å². The smallest absolute Gasteiger partial charge is 0.359 e. The third-order valence-electron chi connectivity index (χ3n) is 4.76. The highest BCUT2D eigenvalue weighted by atomic mass is 32.2. The Hall–Kier alpha value is -1.04. The molecule has 1 amide bonds. The third kappa shape index (κ3) is 4.67. The molecule has 0 aliphatic carbocycles. The average Bonchev–Trinajstić information content (AvgIpc) is 3.15. The van der Waals surface area contributed by atoms with E-state index in [1.54, 1.807) is 27.7 Å². The molecule has 162 valence electrons. The highest BCUT2D eigenvalue weighted by Crippen LogP contribution is 2.55. The molecule has 0 radical (unpaired) electrons. The van der Waals surface area contributed by atoms with Crippen molar-refractivity contribution < 1.29 is 33.2 Å². The first-order valence-electron chi connectivity index (χ1n) is 9.28. The zero-order valence-electron chi connectivity index (χ0n) is 16.7. The normalized spacial score (nSPS) is 30.1. The lowest BCUT2D eigenvalue weighted by atomic mass is 9.92. The van der Waals surface area contributed by atoms with Crippen molar-refractivity contribution in [1.29, 1.82) is 0 Å². The molecule has 0 spiro atoms. The van der Waals surface area contributed by atoms with Gasteiger partial charge in [-0.1, -0.05) is 11.8 Å². The second-order valence-electron chi connectivity index (χ2n) is 8.19. The number of rotatable bonds is 6. The van der Waals surface area contributed by atoms with Crippen LogP contribution in [0.5, 0.6) is 0 Å². The first kappa shape index (κ1) is 22.6. The second kappa shape index (κ2) is 8.60. The average molecular weight is 464 g/mol. The summed E-state index contributed by atoms with van der Waals surface area (Å²) in [6.07, 6.45) is -0.0599. The van der Waals surface area contributed by atoms with Gasteiger partial charge in [0.1, 0.15) is 5.37 Å². The van der Waals surface area contributed by atoms with E-state index < -0.39 is 47.0 Å². The zero-order chi connectivity index (χ0) is 21.5. The molecule has 2 fully saturated rings. The minimum atomic E-state index is -0.864. The minimum absolute atomic E-state index is 0.0960. The zero-order valence-corrected chi connectivity index (χ0v) is 19.2. The van der Waals surface area contributed by atoms with E-state index in [1.807, 2.05) is 0 Å². The number of carbonyl (C=O) groups excluding carboxylic acids is 3. The van der Waals surface area contributed by atoms with E-state index in [4.69, 9.17) is 9.47 Å². The molecule has 3 aliphatic rings. The molecule has 3 aliphatic heterocycles. The Morgan fingerprint density at radius 2 is 2.07 bits per heavy atom. The van der Waals surface area contributed by atoms with Crippen molar-refractivity contribution in [3.63, 3.8) is 0 Å². The maximum atomic E-state index is 12.7. The summed E-state index contributed by atoms with van der Waals surface area (Å²) < 4.78 is 22.4. The Bertz CT molecular complexity index is 774. The summed E-state index contributed by atoms with van der Waals surface area (Å²) in [6.45, 7) is 6.07. The van der Waals surface area contributed by atoms with Crippen molar-refractivity contribution >= 4 is 52.2 Å². The minimum Gasteiger partial charge on any atom is -0.427 e. The molecule has 0 aromatic heterocycles. The predicted molar refractivity (Wildman–Crippen MR) is 111 cm³/mol. The highest BCUT2D eigenvalue weighted by molar-refractivity contribution is 8.23. The van der Waals surface area contributed by atoms with Crippen LogP contribution in [0.25, 0.3) is 0 Å². The van der Waals surface area contributed by atoms with E-state index in [0.717, 1.165) is 6.42 Å². The number of nitrogens with zero attached hydrogens (tertiary/aromatic N) is 1. The number of esters is 2. The number of hydrogen-bond acceptors (Lipinski definition) is 9. The molecule has 0 aromatic rings. The van der Waals surface area contributed by atoms with Gasteiger partial charge in [0.25, 0.3) is 0 Å². The van der Waals surface area contributed by atoms with E-state index in [0.29, 0.717) is 15.7 Å². The van der Waals surface area contributed by atoms with Gasteiger partial charge in [0, 0.05) is 27.6 Å². The van der Waals surface area contributed by atoms with Gasteiger partial charge >= 0.3 is 11.9 Å². The third-order valence-corrected chi connectivity index (χ3v) is 9.31. The Kier molecular flexibility index (Phi) is 6.72. The van der Waals surface area contributed by atoms with Gasteiger partial charge in [-0.2, -0.15) is 0 Å². The summed E-state index contributed by atoms with van der Waals surface area (Å²) >= 11 is 2.78. The molecule has 0 unspecified atom stereocenters. The SMILES string of the molecule is C[C@@H](O)[C@H]1C(=O)N2C(C(=O)OCOC(=O)C(C)(C)C)=C(S[C@@H]3CC[S@@](=O)C3)S[C@H]12. The number of aliphatic hydroxyl groups is 1. The molecule has 0 saturated carbocycles. The van der Waals surface area contributed by atoms with Crippen LogP contribution in [0, 0.1) is 11.3 Å². The maximum absolute atomic E-state index is 12.7. The standard InChI is InChI=1S/C18H25NO7S3/c1-9(20)11-13(21)19-12(15(22)25-8-26-17(23)18(2,3)4)16(28-14(11)19)27-10-5-6-29(24)7-10/h9-11,14,20H,5-8H2,1-4H3/t9-,10-,11+,14-,29-/m1/s1. The molecule has 1 N–H and O–H groups in total. The number of amides is 1. The number of ether oxygens (including phenoxy) is 2. The largest absolute Gasteiger partial charge is 0.427 e. The van der Waals surface area contributed by atoms with E-state index in [1.165, 1.54) is 28.4 Å². The first-order valence-corrected chi connectivity index (χ1v) is 12.5. The van der Waals surface area contributed by atoms with Gasteiger partial charge in [-0.3, -0.25) is 18.7 Å². The Morgan fingerprint density at radius 1 is 1.38 bits per heavy atom. The fourth-order valence-corrected chi connectivity index (χ4v) is 8.37. The molecule has 3 rings (SSSR count). The van der Waals surface area contributed by atoms with Crippen molar-refractivity contribution in [2.24, 2.45) is 11.3 Å². The van der Waals surface area contributed by atoms with Crippen molar-refractivity contribution in [3.8, 4) is 0 Å². The molecule has 29 heavy (non-hydrogen) atoms. The van der Waals surface area contributed by atoms with Gasteiger partial charge < -0.3 is 14.6 Å². The number of aliphatic hydroxyl groups excluding tert-OH is 1.